The maximum Gasteiger partial charge on any atom is 0.00510 e. The van der Waals surface area contributed by atoms with Gasteiger partial charge in [-0.25, -0.2) is 0 Å². The van der Waals surface area contributed by atoms with E-state index in [1.165, 1.54) is 17.7 Å². The Labute approximate surface area is 53.0 Å². The summed E-state index contributed by atoms with van der Waals surface area (Å²) in [5.74, 6) is 1.22. The van der Waals surface area contributed by atoms with Crippen LogP contribution in [0.1, 0.15) is 6.42 Å². The summed E-state index contributed by atoms with van der Waals surface area (Å²) in [7, 11) is 0. The van der Waals surface area contributed by atoms with Crippen LogP contribution in [0.15, 0.2) is 11.0 Å². The number of thioether (sulfide) groups is 1. The van der Waals surface area contributed by atoms with Crippen molar-refractivity contribution in [1.82, 2.24) is 0 Å². The molecular weight excluding hydrogens is 124 g/mol. The van der Waals surface area contributed by atoms with E-state index in [1.54, 1.807) is 5.37 Å². The third-order valence-corrected chi connectivity index (χ3v) is 2.11. The number of hydrogen-bond acceptors (Lipinski definition) is 2. The Morgan fingerprint density at radius 1 is 1.86 bits per heavy atom. The van der Waals surface area contributed by atoms with E-state index in [4.69, 9.17) is 12.2 Å². The second kappa shape index (κ2) is 2.48. The Morgan fingerprint density at radius 3 is 3.00 bits per heavy atom. The smallest absolute Gasteiger partial charge is 0.00510 e. The normalized spacial score (nSPS) is 19.1. The van der Waals surface area contributed by atoms with Gasteiger partial charge in [0.05, 0.1) is 0 Å². The molecular formula is C5H6S2. The Bertz CT molecular complexity index is 105. The highest BCUT2D eigenvalue weighted by Gasteiger charge is 1.98. The minimum atomic E-state index is 1.17. The molecule has 0 aromatic heterocycles. The van der Waals surface area contributed by atoms with E-state index in [2.05, 4.69) is 5.41 Å². The predicted octanol–water partition coefficient (Wildman–Crippen LogP) is 2.01. The third kappa shape index (κ3) is 1.28. The van der Waals surface area contributed by atoms with Crippen LogP contribution < -0.4 is 0 Å². The molecule has 0 unspecified atom stereocenters. The standard InChI is InChI=1S/C5H6S2/c6-3-5-1-2-7-4-5/h3-4H,1-2H2. The van der Waals surface area contributed by atoms with Crippen LogP contribution in [0.25, 0.3) is 0 Å². The molecule has 0 saturated heterocycles. The topological polar surface area (TPSA) is 0 Å². The molecule has 0 aliphatic carbocycles. The maximum absolute atomic E-state index is 4.71. The summed E-state index contributed by atoms with van der Waals surface area (Å²) < 4.78 is 0. The zero-order valence-corrected chi connectivity index (χ0v) is 5.52. The van der Waals surface area contributed by atoms with Gasteiger partial charge in [-0.05, 0) is 17.4 Å². The molecule has 0 aromatic carbocycles. The second-order valence-corrected chi connectivity index (χ2v) is 2.64. The minimum absolute atomic E-state index is 1.17. The molecule has 7 heavy (non-hydrogen) atoms. The van der Waals surface area contributed by atoms with E-state index in [0.29, 0.717) is 0 Å². The van der Waals surface area contributed by atoms with Crippen molar-refractivity contribution in [3.63, 3.8) is 0 Å². The molecule has 2 heteroatoms. The van der Waals surface area contributed by atoms with Crippen LogP contribution in [0.2, 0.25) is 0 Å². The van der Waals surface area contributed by atoms with Gasteiger partial charge in [0.1, 0.15) is 0 Å². The van der Waals surface area contributed by atoms with Gasteiger partial charge in [0.15, 0.2) is 0 Å². The molecule has 0 aromatic rings. The van der Waals surface area contributed by atoms with Crippen molar-refractivity contribution in [3.8, 4) is 0 Å². The molecule has 0 nitrogen and oxygen atoms in total. The molecule has 1 heterocycles. The van der Waals surface area contributed by atoms with Crippen LogP contribution in [-0.4, -0.2) is 11.1 Å². The lowest BCUT2D eigenvalue weighted by Gasteiger charge is -1.80. The van der Waals surface area contributed by atoms with Crippen LogP contribution in [0.5, 0.6) is 0 Å². The summed E-state index contributed by atoms with van der Waals surface area (Å²) >= 11 is 6.55. The lowest BCUT2D eigenvalue weighted by Crippen LogP contribution is -1.74. The first-order chi connectivity index (χ1) is 3.43. The fourth-order valence-electron chi connectivity index (χ4n) is 0.488. The Morgan fingerprint density at radius 2 is 2.71 bits per heavy atom. The fourth-order valence-corrected chi connectivity index (χ4v) is 1.63. The highest BCUT2D eigenvalue weighted by atomic mass is 32.2. The highest BCUT2D eigenvalue weighted by Crippen LogP contribution is 2.19. The van der Waals surface area contributed by atoms with Crippen LogP contribution in [0.3, 0.4) is 0 Å². The van der Waals surface area contributed by atoms with Crippen molar-refractivity contribution in [3.05, 3.63) is 11.0 Å². The van der Waals surface area contributed by atoms with Crippen molar-refractivity contribution >= 4 is 29.3 Å². The molecule has 0 amide bonds. The largest absolute Gasteiger partial charge is 0.133 e. The van der Waals surface area contributed by atoms with Gasteiger partial charge >= 0.3 is 0 Å². The van der Waals surface area contributed by atoms with Crippen LogP contribution >= 0.6 is 24.0 Å². The predicted molar refractivity (Wildman–Crippen MR) is 38.8 cm³/mol. The number of rotatable bonds is 1. The van der Waals surface area contributed by atoms with E-state index < -0.39 is 0 Å². The number of allylic oxidation sites excluding steroid dienone is 1. The van der Waals surface area contributed by atoms with Gasteiger partial charge in [0, 0.05) is 11.1 Å². The minimum Gasteiger partial charge on any atom is -0.133 e. The molecule has 1 rings (SSSR count). The maximum atomic E-state index is 4.71. The third-order valence-electron chi connectivity index (χ3n) is 0.895. The van der Waals surface area contributed by atoms with Gasteiger partial charge in [-0.2, -0.15) is 0 Å². The molecule has 0 fully saturated rings. The summed E-state index contributed by atoms with van der Waals surface area (Å²) in [6.07, 6.45) is 1.17. The molecule has 1 aliphatic heterocycles. The molecule has 0 radical (unpaired) electrons. The first kappa shape index (κ1) is 5.32. The molecule has 0 N–H and O–H groups in total. The monoisotopic (exact) mass is 130 g/mol. The summed E-state index contributed by atoms with van der Waals surface area (Å²) in [5, 5.41) is 3.90. The summed E-state index contributed by atoms with van der Waals surface area (Å²) in [5.41, 5.74) is 1.32. The molecule has 0 bridgehead atoms. The van der Waals surface area contributed by atoms with Crippen LogP contribution in [0, 0.1) is 0 Å². The molecule has 0 saturated carbocycles. The lowest BCUT2D eigenvalue weighted by atomic mass is 10.3. The van der Waals surface area contributed by atoms with E-state index in [-0.39, 0.29) is 0 Å². The van der Waals surface area contributed by atoms with Crippen molar-refractivity contribution in [2.75, 3.05) is 5.75 Å². The number of thiocarbonyl (C=S) groups is 1. The van der Waals surface area contributed by atoms with Crippen molar-refractivity contribution in [1.29, 1.82) is 0 Å². The van der Waals surface area contributed by atoms with E-state index in [9.17, 15) is 0 Å². The molecule has 0 spiro atoms. The fraction of sp³-hybridized carbons (Fsp3) is 0.400. The Hall–Kier alpha value is 0.180. The SMILES string of the molecule is S=CC1=CSCC1. The van der Waals surface area contributed by atoms with E-state index >= 15 is 0 Å². The van der Waals surface area contributed by atoms with Crippen LogP contribution in [-0.2, 0) is 0 Å². The van der Waals surface area contributed by atoms with Gasteiger partial charge in [0.2, 0.25) is 0 Å². The van der Waals surface area contributed by atoms with Crippen molar-refractivity contribution in [2.24, 2.45) is 0 Å². The van der Waals surface area contributed by atoms with E-state index in [1.807, 2.05) is 11.8 Å². The molecule has 0 atom stereocenters. The second-order valence-electron chi connectivity index (χ2n) is 1.43. The van der Waals surface area contributed by atoms with Gasteiger partial charge in [-0.1, -0.05) is 12.2 Å². The molecule has 1 aliphatic rings. The Balaban J connectivity index is 2.51. The van der Waals surface area contributed by atoms with Crippen LogP contribution in [0.4, 0.5) is 0 Å². The first-order valence-corrected chi connectivity index (χ1v) is 3.71. The molecule has 38 valence electrons. The highest BCUT2D eigenvalue weighted by molar-refractivity contribution is 8.02. The van der Waals surface area contributed by atoms with Gasteiger partial charge in [0.25, 0.3) is 0 Å². The van der Waals surface area contributed by atoms with Crippen molar-refractivity contribution in [2.45, 2.75) is 6.42 Å². The lowest BCUT2D eigenvalue weighted by molar-refractivity contribution is 1.24. The van der Waals surface area contributed by atoms with Gasteiger partial charge < -0.3 is 0 Å². The average molecular weight is 130 g/mol. The summed E-state index contributed by atoms with van der Waals surface area (Å²) in [6, 6.07) is 0. The Kier molecular flexibility index (Phi) is 1.88. The van der Waals surface area contributed by atoms with Crippen molar-refractivity contribution < 1.29 is 0 Å². The zero-order valence-electron chi connectivity index (χ0n) is 3.89. The average Bonchev–Trinajstić information content (AvgIpc) is 2.14. The summed E-state index contributed by atoms with van der Waals surface area (Å²) in [4.78, 5) is 0. The quantitative estimate of drug-likeness (QED) is 0.498. The van der Waals surface area contributed by atoms with Gasteiger partial charge in [-0.15, -0.1) is 11.8 Å². The van der Waals surface area contributed by atoms with Gasteiger partial charge in [-0.3, -0.25) is 0 Å². The summed E-state index contributed by atoms with van der Waals surface area (Å²) in [6.45, 7) is 0. The van der Waals surface area contributed by atoms with E-state index in [0.717, 1.165) is 0 Å². The zero-order chi connectivity index (χ0) is 5.11. The number of hydrogen-bond donors (Lipinski definition) is 0. The first-order valence-electron chi connectivity index (χ1n) is 2.19.